The highest BCUT2D eigenvalue weighted by molar-refractivity contribution is 5.78. The Labute approximate surface area is 110 Å². The topological polar surface area (TPSA) is 38.8 Å². The number of likely N-dealkylation sites (N-methyl/N-ethyl adjacent to an activating group) is 1. The summed E-state index contributed by atoms with van der Waals surface area (Å²) in [6.07, 6.45) is 2.35. The monoisotopic (exact) mass is 254 g/mol. The van der Waals surface area contributed by atoms with Crippen molar-refractivity contribution in [2.45, 2.75) is 12.8 Å². The van der Waals surface area contributed by atoms with E-state index in [4.69, 9.17) is 0 Å². The van der Waals surface area contributed by atoms with Gasteiger partial charge in [-0.15, -0.1) is 0 Å². The fourth-order valence-electron chi connectivity index (χ4n) is 2.58. The Bertz CT molecular complexity index is 258. The molecule has 2 aliphatic heterocycles. The number of carbonyl (C=O) groups is 1. The molecule has 5 heteroatoms. The van der Waals surface area contributed by atoms with Gasteiger partial charge in [-0.2, -0.15) is 0 Å². The predicted molar refractivity (Wildman–Crippen MR) is 72.6 cm³/mol. The largest absolute Gasteiger partial charge is 0.342 e. The summed E-state index contributed by atoms with van der Waals surface area (Å²) in [5.41, 5.74) is 0. The van der Waals surface area contributed by atoms with Gasteiger partial charge >= 0.3 is 0 Å². The summed E-state index contributed by atoms with van der Waals surface area (Å²) >= 11 is 0. The molecule has 0 radical (unpaired) electrons. The molecule has 2 heterocycles. The van der Waals surface area contributed by atoms with Crippen LogP contribution in [-0.2, 0) is 4.79 Å². The summed E-state index contributed by atoms with van der Waals surface area (Å²) in [5, 5.41) is 3.27. The first-order chi connectivity index (χ1) is 8.75. The lowest BCUT2D eigenvalue weighted by Crippen LogP contribution is -2.47. The Balaban J connectivity index is 1.51. The first kappa shape index (κ1) is 13.8. The molecule has 104 valence electrons. The summed E-state index contributed by atoms with van der Waals surface area (Å²) in [7, 11) is 2.17. The predicted octanol–water partition coefficient (Wildman–Crippen LogP) is -0.554. The van der Waals surface area contributed by atoms with Crippen LogP contribution in [0.2, 0.25) is 0 Å². The van der Waals surface area contributed by atoms with Gasteiger partial charge in [-0.25, -0.2) is 0 Å². The SMILES string of the molecule is CN1CCN(CCNCC(=O)N2CCCC2)CC1. The molecule has 5 nitrogen and oxygen atoms in total. The van der Waals surface area contributed by atoms with E-state index in [0.717, 1.165) is 52.4 Å². The number of amides is 1. The fourth-order valence-corrected chi connectivity index (χ4v) is 2.58. The number of piperazine rings is 1. The molecule has 1 N–H and O–H groups in total. The van der Waals surface area contributed by atoms with E-state index in [1.807, 2.05) is 4.90 Å². The van der Waals surface area contributed by atoms with Crippen molar-refractivity contribution in [3.63, 3.8) is 0 Å². The quantitative estimate of drug-likeness (QED) is 0.668. The minimum absolute atomic E-state index is 0.269. The molecule has 0 atom stereocenters. The molecule has 0 bridgehead atoms. The standard InChI is InChI=1S/C13H26N4O/c1-15-8-10-16(11-9-15)7-4-14-12-13(18)17-5-2-3-6-17/h14H,2-12H2,1H3. The molecule has 0 aliphatic carbocycles. The maximum absolute atomic E-state index is 11.8. The van der Waals surface area contributed by atoms with Gasteiger partial charge < -0.3 is 15.1 Å². The van der Waals surface area contributed by atoms with Gasteiger partial charge in [0.2, 0.25) is 5.91 Å². The van der Waals surface area contributed by atoms with Crippen LogP contribution in [0.4, 0.5) is 0 Å². The summed E-state index contributed by atoms with van der Waals surface area (Å²) < 4.78 is 0. The molecule has 2 fully saturated rings. The van der Waals surface area contributed by atoms with E-state index in [9.17, 15) is 4.79 Å². The Kier molecular flexibility index (Phi) is 5.41. The van der Waals surface area contributed by atoms with Crippen molar-refractivity contribution in [2.75, 3.05) is 66.0 Å². The van der Waals surface area contributed by atoms with Crippen molar-refractivity contribution in [1.82, 2.24) is 20.0 Å². The van der Waals surface area contributed by atoms with Gasteiger partial charge in [-0.1, -0.05) is 0 Å². The number of hydrogen-bond acceptors (Lipinski definition) is 4. The zero-order chi connectivity index (χ0) is 12.8. The van der Waals surface area contributed by atoms with E-state index in [2.05, 4.69) is 22.2 Å². The third kappa shape index (κ3) is 4.23. The number of carbonyl (C=O) groups excluding carboxylic acids is 1. The molecule has 0 spiro atoms. The maximum atomic E-state index is 11.8. The van der Waals surface area contributed by atoms with Crippen LogP contribution in [-0.4, -0.2) is 86.6 Å². The van der Waals surface area contributed by atoms with Crippen LogP contribution < -0.4 is 5.32 Å². The molecule has 2 rings (SSSR count). The third-order valence-corrected chi connectivity index (χ3v) is 3.94. The van der Waals surface area contributed by atoms with Crippen LogP contribution in [0.5, 0.6) is 0 Å². The number of nitrogens with zero attached hydrogens (tertiary/aromatic N) is 3. The van der Waals surface area contributed by atoms with Gasteiger partial charge in [-0.3, -0.25) is 9.69 Å². The highest BCUT2D eigenvalue weighted by atomic mass is 16.2. The van der Waals surface area contributed by atoms with Gasteiger partial charge in [0, 0.05) is 52.4 Å². The number of likely N-dealkylation sites (tertiary alicyclic amines) is 1. The van der Waals surface area contributed by atoms with E-state index in [-0.39, 0.29) is 5.91 Å². The van der Waals surface area contributed by atoms with E-state index in [1.54, 1.807) is 0 Å². The Morgan fingerprint density at radius 1 is 1.06 bits per heavy atom. The van der Waals surface area contributed by atoms with Crippen molar-refractivity contribution >= 4 is 5.91 Å². The fraction of sp³-hybridized carbons (Fsp3) is 0.923. The smallest absolute Gasteiger partial charge is 0.236 e. The van der Waals surface area contributed by atoms with Crippen molar-refractivity contribution in [3.05, 3.63) is 0 Å². The normalized spacial score (nSPS) is 22.6. The molecule has 0 aromatic carbocycles. The molecule has 1 amide bonds. The van der Waals surface area contributed by atoms with E-state index < -0.39 is 0 Å². The minimum atomic E-state index is 0.269. The molecule has 18 heavy (non-hydrogen) atoms. The van der Waals surface area contributed by atoms with Crippen LogP contribution in [0.25, 0.3) is 0 Å². The van der Waals surface area contributed by atoms with Crippen molar-refractivity contribution in [3.8, 4) is 0 Å². The average molecular weight is 254 g/mol. The summed E-state index contributed by atoms with van der Waals surface area (Å²) in [6.45, 7) is 9.02. The summed E-state index contributed by atoms with van der Waals surface area (Å²) in [4.78, 5) is 18.6. The minimum Gasteiger partial charge on any atom is -0.342 e. The Morgan fingerprint density at radius 2 is 1.72 bits per heavy atom. The van der Waals surface area contributed by atoms with E-state index >= 15 is 0 Å². The molecule has 0 aromatic rings. The second-order valence-electron chi connectivity index (χ2n) is 5.41. The lowest BCUT2D eigenvalue weighted by Gasteiger charge is -2.32. The number of rotatable bonds is 5. The molecule has 2 saturated heterocycles. The highest BCUT2D eigenvalue weighted by Gasteiger charge is 2.17. The van der Waals surface area contributed by atoms with Crippen molar-refractivity contribution < 1.29 is 4.79 Å². The second-order valence-corrected chi connectivity index (χ2v) is 5.41. The van der Waals surface area contributed by atoms with Crippen LogP contribution in [0.1, 0.15) is 12.8 Å². The van der Waals surface area contributed by atoms with Crippen LogP contribution in [0, 0.1) is 0 Å². The van der Waals surface area contributed by atoms with Crippen LogP contribution in [0.15, 0.2) is 0 Å². The Morgan fingerprint density at radius 3 is 2.39 bits per heavy atom. The van der Waals surface area contributed by atoms with E-state index in [1.165, 1.54) is 12.8 Å². The molecule has 2 aliphatic rings. The zero-order valence-electron chi connectivity index (χ0n) is 11.5. The average Bonchev–Trinajstić information content (AvgIpc) is 2.90. The number of nitrogens with one attached hydrogen (secondary N) is 1. The molecule has 0 saturated carbocycles. The number of hydrogen-bond donors (Lipinski definition) is 1. The van der Waals surface area contributed by atoms with Gasteiger partial charge in [0.15, 0.2) is 0 Å². The zero-order valence-corrected chi connectivity index (χ0v) is 11.5. The first-order valence-corrected chi connectivity index (χ1v) is 7.15. The summed E-state index contributed by atoms with van der Waals surface area (Å²) in [6, 6.07) is 0. The van der Waals surface area contributed by atoms with Gasteiger partial charge in [0.1, 0.15) is 0 Å². The molecular formula is C13H26N4O. The third-order valence-electron chi connectivity index (χ3n) is 3.94. The lowest BCUT2D eigenvalue weighted by molar-refractivity contribution is -0.129. The first-order valence-electron chi connectivity index (χ1n) is 7.15. The van der Waals surface area contributed by atoms with E-state index in [0.29, 0.717) is 6.54 Å². The molecule has 0 aromatic heterocycles. The molecule has 0 unspecified atom stereocenters. The van der Waals surface area contributed by atoms with Gasteiger partial charge in [-0.05, 0) is 19.9 Å². The highest BCUT2D eigenvalue weighted by Crippen LogP contribution is 2.06. The van der Waals surface area contributed by atoms with Crippen LogP contribution >= 0.6 is 0 Å². The molecular weight excluding hydrogens is 228 g/mol. The van der Waals surface area contributed by atoms with Crippen molar-refractivity contribution in [2.24, 2.45) is 0 Å². The Hall–Kier alpha value is -0.650. The van der Waals surface area contributed by atoms with Crippen LogP contribution in [0.3, 0.4) is 0 Å². The van der Waals surface area contributed by atoms with Gasteiger partial charge in [0.25, 0.3) is 0 Å². The lowest BCUT2D eigenvalue weighted by atomic mass is 10.3. The second kappa shape index (κ2) is 7.07. The van der Waals surface area contributed by atoms with Gasteiger partial charge in [0.05, 0.1) is 6.54 Å². The van der Waals surface area contributed by atoms with Crippen molar-refractivity contribution in [1.29, 1.82) is 0 Å². The maximum Gasteiger partial charge on any atom is 0.236 e. The summed E-state index contributed by atoms with van der Waals surface area (Å²) in [5.74, 6) is 0.269.